The molecular weight excluding hydrogens is 274 g/mol. The lowest BCUT2D eigenvalue weighted by Gasteiger charge is -2.35. The number of nitro groups is 1. The van der Waals surface area contributed by atoms with Gasteiger partial charge >= 0.3 is 5.97 Å². The molecule has 114 valence electrons. The summed E-state index contributed by atoms with van der Waals surface area (Å²) >= 11 is 0. The minimum Gasteiger partial charge on any atom is -0.478 e. The maximum Gasteiger partial charge on any atom is 0.338 e. The number of anilines is 1. The van der Waals surface area contributed by atoms with Crippen molar-refractivity contribution in [3.8, 4) is 0 Å². The normalized spacial score (nSPS) is 15.7. The number of rotatable bonds is 5. The number of para-hydroxylation sites is 1. The molecule has 0 unspecified atom stereocenters. The second-order valence-corrected chi connectivity index (χ2v) is 5.00. The summed E-state index contributed by atoms with van der Waals surface area (Å²) in [5, 5.41) is 23.9. The van der Waals surface area contributed by atoms with Crippen LogP contribution in [0, 0.1) is 10.1 Å². The fourth-order valence-corrected chi connectivity index (χ4v) is 2.87. The fourth-order valence-electron chi connectivity index (χ4n) is 2.87. The quantitative estimate of drug-likeness (QED) is 0.635. The molecule has 0 aliphatic carbocycles. The average molecular weight is 293 g/mol. The van der Waals surface area contributed by atoms with E-state index in [1.807, 2.05) is 11.8 Å². The highest BCUT2D eigenvalue weighted by atomic mass is 16.6. The molecule has 7 heteroatoms. The highest BCUT2D eigenvalue weighted by Crippen LogP contribution is 2.34. The molecule has 0 atom stereocenters. The van der Waals surface area contributed by atoms with Crippen LogP contribution in [-0.4, -0.2) is 41.7 Å². The van der Waals surface area contributed by atoms with Crippen molar-refractivity contribution in [3.63, 3.8) is 0 Å². The third-order valence-corrected chi connectivity index (χ3v) is 3.82. The number of nitrogens with one attached hydrogen (secondary N) is 1. The number of hydrogen-bond acceptors (Lipinski definition) is 5. The highest BCUT2D eigenvalue weighted by Gasteiger charge is 2.30. The molecule has 0 aromatic heterocycles. The molecular formula is C14H19N3O4. The second-order valence-electron chi connectivity index (χ2n) is 5.00. The summed E-state index contributed by atoms with van der Waals surface area (Å²) in [6.07, 6.45) is 1.69. The molecule has 1 aliphatic rings. The van der Waals surface area contributed by atoms with Gasteiger partial charge in [-0.2, -0.15) is 0 Å². The number of nitro benzene ring substituents is 1. The first-order chi connectivity index (χ1) is 10.1. The van der Waals surface area contributed by atoms with Crippen molar-refractivity contribution in [1.29, 1.82) is 0 Å². The van der Waals surface area contributed by atoms with Crippen molar-refractivity contribution in [2.24, 2.45) is 0 Å². The maximum atomic E-state index is 11.4. The van der Waals surface area contributed by atoms with Crippen LogP contribution in [0.3, 0.4) is 0 Å². The van der Waals surface area contributed by atoms with Crippen LogP contribution in [0.25, 0.3) is 0 Å². The number of carbonyl (C=O) groups is 1. The Morgan fingerprint density at radius 1 is 1.48 bits per heavy atom. The summed E-state index contributed by atoms with van der Waals surface area (Å²) in [6.45, 7) is 4.11. The molecule has 0 spiro atoms. The molecule has 1 aliphatic heterocycles. The smallest absolute Gasteiger partial charge is 0.338 e. The minimum absolute atomic E-state index is 0.00965. The van der Waals surface area contributed by atoms with Crippen LogP contribution in [0.1, 0.15) is 30.1 Å². The van der Waals surface area contributed by atoms with Gasteiger partial charge in [0.05, 0.1) is 10.5 Å². The predicted octanol–water partition coefficient (Wildman–Crippen LogP) is 1.87. The van der Waals surface area contributed by atoms with Gasteiger partial charge in [-0.3, -0.25) is 10.1 Å². The number of carboxylic acid groups (broad SMARTS) is 1. The third kappa shape index (κ3) is 3.13. The Kier molecular flexibility index (Phi) is 4.74. The van der Waals surface area contributed by atoms with Crippen molar-refractivity contribution in [2.45, 2.75) is 25.8 Å². The lowest BCUT2D eigenvalue weighted by atomic mass is 10.0. The lowest BCUT2D eigenvalue weighted by molar-refractivity contribution is -0.384. The van der Waals surface area contributed by atoms with E-state index >= 15 is 0 Å². The lowest BCUT2D eigenvalue weighted by Crippen LogP contribution is -2.44. The second kappa shape index (κ2) is 6.53. The van der Waals surface area contributed by atoms with Gasteiger partial charge in [0.25, 0.3) is 5.69 Å². The monoisotopic (exact) mass is 293 g/mol. The van der Waals surface area contributed by atoms with E-state index in [1.165, 1.54) is 18.2 Å². The van der Waals surface area contributed by atoms with Crippen molar-refractivity contribution in [3.05, 3.63) is 33.9 Å². The summed E-state index contributed by atoms with van der Waals surface area (Å²) in [4.78, 5) is 24.1. The number of piperidine rings is 1. The van der Waals surface area contributed by atoms with Crippen LogP contribution in [0.4, 0.5) is 11.4 Å². The number of benzene rings is 1. The van der Waals surface area contributed by atoms with E-state index in [4.69, 9.17) is 0 Å². The van der Waals surface area contributed by atoms with Crippen molar-refractivity contribution in [1.82, 2.24) is 5.32 Å². The number of aromatic carboxylic acids is 1. The van der Waals surface area contributed by atoms with Crippen molar-refractivity contribution >= 4 is 17.3 Å². The SMILES string of the molecule is CCN(c1c(C(=O)O)cccc1[N+](=O)[O-])C1CCNCC1. The Morgan fingerprint density at radius 3 is 2.67 bits per heavy atom. The highest BCUT2D eigenvalue weighted by molar-refractivity contribution is 5.97. The van der Waals surface area contributed by atoms with E-state index in [0.29, 0.717) is 6.54 Å². The number of carboxylic acids is 1. The minimum atomic E-state index is -1.14. The largest absolute Gasteiger partial charge is 0.478 e. The number of hydrogen-bond donors (Lipinski definition) is 2. The van der Waals surface area contributed by atoms with Crippen LogP contribution in [0.2, 0.25) is 0 Å². The Hall–Kier alpha value is -2.15. The Morgan fingerprint density at radius 2 is 2.14 bits per heavy atom. The van der Waals surface area contributed by atoms with Crippen molar-refractivity contribution in [2.75, 3.05) is 24.5 Å². The summed E-state index contributed by atoms with van der Waals surface area (Å²) in [5.74, 6) is -1.14. The molecule has 1 saturated heterocycles. The van der Waals surface area contributed by atoms with E-state index in [2.05, 4.69) is 5.32 Å². The molecule has 1 heterocycles. The van der Waals surface area contributed by atoms with E-state index in [1.54, 1.807) is 0 Å². The maximum absolute atomic E-state index is 11.4. The van der Waals surface area contributed by atoms with Gasteiger partial charge in [0.2, 0.25) is 0 Å². The summed E-state index contributed by atoms with van der Waals surface area (Å²) < 4.78 is 0. The van der Waals surface area contributed by atoms with Crippen LogP contribution in [0.5, 0.6) is 0 Å². The Bertz CT molecular complexity index is 509. The van der Waals surface area contributed by atoms with Crippen LogP contribution in [0.15, 0.2) is 18.2 Å². The summed E-state index contributed by atoms with van der Waals surface area (Å²) in [5.41, 5.74) is 0.0734. The fraction of sp³-hybridized carbons (Fsp3) is 0.500. The standard InChI is InChI=1S/C14H19N3O4/c1-2-16(10-6-8-15-9-7-10)13-11(14(18)19)4-3-5-12(13)17(20)21/h3-5,10,15H,2,6-9H2,1H3,(H,18,19). The predicted molar refractivity (Wildman–Crippen MR) is 79.0 cm³/mol. The van der Waals surface area contributed by atoms with Gasteiger partial charge in [0.1, 0.15) is 5.69 Å². The van der Waals surface area contributed by atoms with Gasteiger partial charge in [-0.25, -0.2) is 4.79 Å². The van der Waals surface area contributed by atoms with Gasteiger partial charge < -0.3 is 15.3 Å². The topological polar surface area (TPSA) is 95.7 Å². The zero-order valence-electron chi connectivity index (χ0n) is 11.9. The Labute approximate surface area is 122 Å². The third-order valence-electron chi connectivity index (χ3n) is 3.82. The first-order valence-electron chi connectivity index (χ1n) is 7.04. The van der Waals surface area contributed by atoms with Gasteiger partial charge in [0.15, 0.2) is 0 Å². The van der Waals surface area contributed by atoms with Gasteiger partial charge in [0, 0.05) is 18.7 Å². The number of nitrogens with zero attached hydrogens (tertiary/aromatic N) is 2. The molecule has 0 radical (unpaired) electrons. The van der Waals surface area contributed by atoms with Crippen LogP contribution < -0.4 is 10.2 Å². The van der Waals surface area contributed by atoms with E-state index in [-0.39, 0.29) is 23.0 Å². The molecule has 1 aromatic rings. The van der Waals surface area contributed by atoms with Crippen molar-refractivity contribution < 1.29 is 14.8 Å². The molecule has 1 aromatic carbocycles. The molecule has 2 N–H and O–H groups in total. The Balaban J connectivity index is 2.51. The van der Waals surface area contributed by atoms with Gasteiger partial charge in [-0.15, -0.1) is 0 Å². The zero-order valence-corrected chi connectivity index (χ0v) is 11.9. The molecule has 7 nitrogen and oxygen atoms in total. The molecule has 1 fully saturated rings. The zero-order chi connectivity index (χ0) is 15.4. The molecule has 21 heavy (non-hydrogen) atoms. The van der Waals surface area contributed by atoms with E-state index in [0.717, 1.165) is 25.9 Å². The first kappa shape index (κ1) is 15.2. The first-order valence-corrected chi connectivity index (χ1v) is 7.04. The summed E-state index contributed by atoms with van der Waals surface area (Å²) in [7, 11) is 0. The van der Waals surface area contributed by atoms with Gasteiger partial charge in [-0.1, -0.05) is 6.07 Å². The molecule has 0 saturated carbocycles. The van der Waals surface area contributed by atoms with E-state index in [9.17, 15) is 20.0 Å². The molecule has 2 rings (SSSR count). The van der Waals surface area contributed by atoms with Gasteiger partial charge in [-0.05, 0) is 38.9 Å². The average Bonchev–Trinajstić information content (AvgIpc) is 2.48. The molecule has 0 amide bonds. The summed E-state index contributed by atoms with van der Waals surface area (Å²) in [6, 6.07) is 4.33. The molecule has 0 bridgehead atoms. The van der Waals surface area contributed by atoms with E-state index < -0.39 is 10.9 Å². The van der Waals surface area contributed by atoms with Crippen LogP contribution in [-0.2, 0) is 0 Å². The van der Waals surface area contributed by atoms with Crippen LogP contribution >= 0.6 is 0 Å².